The number of halogens is 2. The second-order valence-corrected chi connectivity index (χ2v) is 12.4. The summed E-state index contributed by atoms with van der Waals surface area (Å²) in [5, 5.41) is 9.68. The van der Waals surface area contributed by atoms with E-state index >= 15 is 0 Å². The number of aromatic amines is 1. The molecule has 42 heavy (non-hydrogen) atoms. The number of anilines is 1. The van der Waals surface area contributed by atoms with E-state index in [1.807, 2.05) is 19.9 Å². The van der Waals surface area contributed by atoms with Gasteiger partial charge in [0.05, 0.1) is 11.1 Å². The highest BCUT2D eigenvalue weighted by atomic mass is 35.5. The van der Waals surface area contributed by atoms with Crippen LogP contribution in [-0.2, 0) is 14.3 Å². The SMILES string of the molecule is CC(C)Nc1cc(-c2c[nH]c(C(=O)NC(COC(=O)C3(NC(=O)OC(C)(C)C)CC3)c3cccc(Cl)c3)c2)c(Cl)cn1. The molecule has 0 saturated heterocycles. The third kappa shape index (κ3) is 8.17. The first kappa shape index (κ1) is 31.2. The van der Waals surface area contributed by atoms with Gasteiger partial charge in [0.15, 0.2) is 0 Å². The van der Waals surface area contributed by atoms with Gasteiger partial charge >= 0.3 is 12.1 Å². The molecule has 0 bridgehead atoms. The van der Waals surface area contributed by atoms with E-state index in [9.17, 15) is 14.4 Å². The Bertz CT molecular complexity index is 1460. The maximum Gasteiger partial charge on any atom is 0.408 e. The quantitative estimate of drug-likeness (QED) is 0.197. The fourth-order valence-electron chi connectivity index (χ4n) is 4.20. The van der Waals surface area contributed by atoms with Crippen molar-refractivity contribution < 1.29 is 23.9 Å². The molecular weight excluding hydrogens is 581 g/mol. The smallest absolute Gasteiger partial charge is 0.408 e. The summed E-state index contributed by atoms with van der Waals surface area (Å²) in [5.74, 6) is -0.370. The predicted octanol–water partition coefficient (Wildman–Crippen LogP) is 6.28. The maximum atomic E-state index is 13.3. The summed E-state index contributed by atoms with van der Waals surface area (Å²) in [4.78, 5) is 45.9. The topological polar surface area (TPSA) is 134 Å². The van der Waals surface area contributed by atoms with E-state index in [-0.39, 0.29) is 18.3 Å². The van der Waals surface area contributed by atoms with Crippen LogP contribution in [0.2, 0.25) is 10.0 Å². The fourth-order valence-corrected chi connectivity index (χ4v) is 4.61. The number of H-pyrrole nitrogens is 1. The van der Waals surface area contributed by atoms with Crippen molar-refractivity contribution >= 4 is 47.0 Å². The summed E-state index contributed by atoms with van der Waals surface area (Å²) in [7, 11) is 0. The van der Waals surface area contributed by atoms with Gasteiger partial charge in [-0.1, -0.05) is 35.3 Å². The van der Waals surface area contributed by atoms with Crippen LogP contribution in [0.1, 0.15) is 69.6 Å². The maximum absolute atomic E-state index is 13.3. The van der Waals surface area contributed by atoms with Crippen LogP contribution in [0, 0.1) is 0 Å². The molecule has 1 fully saturated rings. The molecule has 2 aromatic heterocycles. The number of aromatic nitrogens is 2. The summed E-state index contributed by atoms with van der Waals surface area (Å²) < 4.78 is 10.9. The number of carbonyl (C=O) groups is 3. The van der Waals surface area contributed by atoms with Crippen LogP contribution >= 0.6 is 23.2 Å². The molecule has 12 heteroatoms. The second kappa shape index (κ2) is 12.6. The average molecular weight is 617 g/mol. The van der Waals surface area contributed by atoms with Crippen molar-refractivity contribution in [1.29, 1.82) is 0 Å². The normalized spacial score (nSPS) is 14.6. The number of rotatable bonds is 10. The summed E-state index contributed by atoms with van der Waals surface area (Å²) >= 11 is 12.6. The number of benzene rings is 1. The Morgan fingerprint density at radius 1 is 1.12 bits per heavy atom. The first-order valence-corrected chi connectivity index (χ1v) is 14.4. The molecule has 1 saturated carbocycles. The van der Waals surface area contributed by atoms with Gasteiger partial charge in [0.25, 0.3) is 5.91 Å². The summed E-state index contributed by atoms with van der Waals surface area (Å²) in [5.41, 5.74) is 0.472. The Labute approximate surface area is 254 Å². The van der Waals surface area contributed by atoms with E-state index in [4.69, 9.17) is 32.7 Å². The molecule has 0 radical (unpaired) electrons. The number of nitrogens with zero attached hydrogens (tertiary/aromatic N) is 1. The largest absolute Gasteiger partial charge is 0.461 e. The van der Waals surface area contributed by atoms with Crippen molar-refractivity contribution in [2.45, 2.75) is 70.7 Å². The molecule has 224 valence electrons. The van der Waals surface area contributed by atoms with Crippen LogP contribution in [0.5, 0.6) is 0 Å². The number of amides is 2. The third-order valence-electron chi connectivity index (χ3n) is 6.35. The van der Waals surface area contributed by atoms with Crippen molar-refractivity contribution in [2.75, 3.05) is 11.9 Å². The van der Waals surface area contributed by atoms with Gasteiger partial charge in [-0.25, -0.2) is 14.6 Å². The standard InChI is InChI=1S/C30H35Cl2N5O5/c1-17(2)35-25-13-21(22(32)15-34-25)19-12-23(33-14-19)26(38)36-24(18-7-6-8-20(31)11-18)16-41-27(39)30(9-10-30)37-28(40)42-29(3,4)5/h6-8,11-15,17,24,33H,9-10,16H2,1-5H3,(H,34,35)(H,36,38)(H,37,40). The van der Waals surface area contributed by atoms with E-state index in [2.05, 4.69) is 25.9 Å². The Hall–Kier alpha value is -3.76. The average Bonchev–Trinajstić information content (AvgIpc) is 3.50. The van der Waals surface area contributed by atoms with Gasteiger partial charge < -0.3 is 30.4 Å². The molecule has 2 amide bonds. The highest BCUT2D eigenvalue weighted by Gasteiger charge is 2.53. The highest BCUT2D eigenvalue weighted by molar-refractivity contribution is 6.33. The van der Waals surface area contributed by atoms with Crippen molar-refractivity contribution in [3.63, 3.8) is 0 Å². The van der Waals surface area contributed by atoms with Crippen LogP contribution < -0.4 is 16.0 Å². The Morgan fingerprint density at radius 3 is 2.50 bits per heavy atom. The van der Waals surface area contributed by atoms with Crippen molar-refractivity contribution in [2.24, 2.45) is 0 Å². The molecule has 1 aliphatic rings. The first-order valence-electron chi connectivity index (χ1n) is 13.6. The highest BCUT2D eigenvalue weighted by Crippen LogP contribution is 2.37. The molecule has 1 atom stereocenters. The summed E-state index contributed by atoms with van der Waals surface area (Å²) in [6, 6.07) is 9.86. The van der Waals surface area contributed by atoms with Gasteiger partial charge in [0.1, 0.15) is 29.3 Å². The van der Waals surface area contributed by atoms with Crippen molar-refractivity contribution in [1.82, 2.24) is 20.6 Å². The molecule has 1 aliphatic carbocycles. The Morgan fingerprint density at radius 2 is 1.86 bits per heavy atom. The van der Waals surface area contributed by atoms with Gasteiger partial charge in [0.2, 0.25) is 0 Å². The summed E-state index contributed by atoms with van der Waals surface area (Å²) in [6.45, 7) is 9.04. The van der Waals surface area contributed by atoms with Crippen LogP contribution in [0.3, 0.4) is 0 Å². The zero-order chi connectivity index (χ0) is 30.7. The lowest BCUT2D eigenvalue weighted by molar-refractivity contribution is -0.148. The lowest BCUT2D eigenvalue weighted by Crippen LogP contribution is -2.47. The molecule has 4 N–H and O–H groups in total. The number of carbonyl (C=O) groups excluding carboxylic acids is 3. The number of hydrogen-bond donors (Lipinski definition) is 4. The number of ether oxygens (including phenoxy) is 2. The molecule has 3 aromatic rings. The molecule has 1 aromatic carbocycles. The van der Waals surface area contributed by atoms with E-state index in [1.54, 1.807) is 63.5 Å². The predicted molar refractivity (Wildman–Crippen MR) is 162 cm³/mol. The van der Waals surface area contributed by atoms with Gasteiger partial charge in [-0.3, -0.25) is 4.79 Å². The van der Waals surface area contributed by atoms with Crippen molar-refractivity contribution in [3.05, 3.63) is 70.1 Å². The van der Waals surface area contributed by atoms with E-state index in [0.717, 1.165) is 0 Å². The minimum absolute atomic E-state index is 0.180. The minimum atomic E-state index is -1.15. The van der Waals surface area contributed by atoms with Crippen LogP contribution in [-0.4, -0.2) is 51.7 Å². The van der Waals surface area contributed by atoms with Gasteiger partial charge in [0, 0.05) is 34.6 Å². The molecule has 10 nitrogen and oxygen atoms in total. The Kier molecular flexibility index (Phi) is 9.37. The lowest BCUT2D eigenvalue weighted by atomic mass is 10.1. The first-order chi connectivity index (χ1) is 19.7. The number of nitrogens with one attached hydrogen (secondary N) is 4. The number of hydrogen-bond acceptors (Lipinski definition) is 7. The van der Waals surface area contributed by atoms with Gasteiger partial charge in [-0.05, 0) is 77.3 Å². The van der Waals surface area contributed by atoms with Gasteiger partial charge in [-0.2, -0.15) is 0 Å². The monoisotopic (exact) mass is 615 g/mol. The second-order valence-electron chi connectivity index (χ2n) is 11.5. The molecule has 1 unspecified atom stereocenters. The molecule has 0 spiro atoms. The van der Waals surface area contributed by atoms with E-state index in [1.165, 1.54) is 0 Å². The summed E-state index contributed by atoms with van der Waals surface area (Å²) in [6.07, 6.45) is 3.40. The van der Waals surface area contributed by atoms with E-state index in [0.29, 0.717) is 45.4 Å². The fraction of sp³-hybridized carbons (Fsp3) is 0.400. The van der Waals surface area contributed by atoms with Crippen LogP contribution in [0.4, 0.5) is 10.6 Å². The minimum Gasteiger partial charge on any atom is -0.461 e. The zero-order valence-electron chi connectivity index (χ0n) is 24.1. The molecule has 2 heterocycles. The number of pyridine rings is 1. The van der Waals surface area contributed by atoms with Gasteiger partial charge in [-0.15, -0.1) is 0 Å². The molecular formula is C30H35Cl2N5O5. The zero-order valence-corrected chi connectivity index (χ0v) is 25.7. The van der Waals surface area contributed by atoms with Crippen LogP contribution in [0.15, 0.2) is 48.8 Å². The Balaban J connectivity index is 1.47. The third-order valence-corrected chi connectivity index (χ3v) is 6.89. The van der Waals surface area contributed by atoms with Crippen LogP contribution in [0.25, 0.3) is 11.1 Å². The lowest BCUT2D eigenvalue weighted by Gasteiger charge is -2.24. The van der Waals surface area contributed by atoms with E-state index < -0.39 is 35.2 Å². The number of alkyl carbamates (subject to hydrolysis) is 1. The van der Waals surface area contributed by atoms with Crippen molar-refractivity contribution in [3.8, 4) is 11.1 Å². The molecule has 0 aliphatic heterocycles. The number of esters is 1. The molecule has 4 rings (SSSR count).